The number of rotatable bonds is 2. The van der Waals surface area contributed by atoms with Crippen molar-refractivity contribution < 1.29 is 27.5 Å². The molecule has 1 saturated carbocycles. The van der Waals surface area contributed by atoms with Crippen molar-refractivity contribution in [3.8, 4) is 0 Å². The zero-order valence-corrected chi connectivity index (χ0v) is 18.6. The summed E-state index contributed by atoms with van der Waals surface area (Å²) < 4.78 is 46.2. The molecule has 8 nitrogen and oxygen atoms in total. The first-order valence-electron chi connectivity index (χ1n) is 11.7. The Hall–Kier alpha value is -2.82. The van der Waals surface area contributed by atoms with Crippen molar-refractivity contribution in [2.24, 2.45) is 11.3 Å². The monoisotopic (exact) mass is 477 g/mol. The number of carbonyl (C=O) groups excluding carboxylic acids is 2. The zero-order chi connectivity index (χ0) is 23.7. The van der Waals surface area contributed by atoms with Crippen LogP contribution in [0.15, 0.2) is 24.5 Å². The van der Waals surface area contributed by atoms with E-state index in [0.717, 1.165) is 35.6 Å². The minimum Gasteiger partial charge on any atom is -0.366 e. The van der Waals surface area contributed by atoms with Gasteiger partial charge in [0.1, 0.15) is 6.61 Å². The van der Waals surface area contributed by atoms with Crippen LogP contribution in [0.25, 0.3) is 5.52 Å². The van der Waals surface area contributed by atoms with Crippen LogP contribution in [-0.4, -0.2) is 76.1 Å². The van der Waals surface area contributed by atoms with Crippen LogP contribution in [0.1, 0.15) is 30.7 Å². The summed E-state index contributed by atoms with van der Waals surface area (Å²) in [4.78, 5) is 31.7. The van der Waals surface area contributed by atoms with Gasteiger partial charge in [0.25, 0.3) is 0 Å². The second kappa shape index (κ2) is 7.59. The molecule has 34 heavy (non-hydrogen) atoms. The normalized spacial score (nSPS) is 26.7. The summed E-state index contributed by atoms with van der Waals surface area (Å²) in [6, 6.07) is 3.42. The minimum atomic E-state index is -4.49. The number of hydrogen-bond acceptors (Lipinski definition) is 4. The average Bonchev–Trinajstić information content (AvgIpc) is 3.17. The van der Waals surface area contributed by atoms with Gasteiger partial charge in [-0.3, -0.25) is 9.20 Å². The number of morpholine rings is 1. The summed E-state index contributed by atoms with van der Waals surface area (Å²) >= 11 is 0. The van der Waals surface area contributed by atoms with Crippen LogP contribution in [0.2, 0.25) is 0 Å². The lowest BCUT2D eigenvalue weighted by Gasteiger charge is -2.60. The fraction of sp³-hybridized carbons (Fsp3) is 0.609. The molecule has 3 saturated heterocycles. The molecule has 0 bridgehead atoms. The lowest BCUT2D eigenvalue weighted by atomic mass is 9.56. The average molecular weight is 477 g/mol. The number of aromatic nitrogens is 2. The molecule has 0 aromatic carbocycles. The molecular formula is C23H26F3N5O3. The number of piperidine rings is 1. The van der Waals surface area contributed by atoms with Crippen LogP contribution in [0.3, 0.4) is 0 Å². The summed E-state index contributed by atoms with van der Waals surface area (Å²) in [5.41, 5.74) is 1.43. The van der Waals surface area contributed by atoms with Crippen molar-refractivity contribution in [2.75, 3.05) is 32.8 Å². The first-order chi connectivity index (χ1) is 16.2. The molecule has 2 aromatic heterocycles. The molecule has 0 unspecified atom stereocenters. The van der Waals surface area contributed by atoms with Crippen molar-refractivity contribution in [1.82, 2.24) is 24.5 Å². The SMILES string of the molecule is O=C1CO[C@H]2CCN(C(=O)N3CC4(CC(Cc5ccc6cnc(C(F)(F)F)n6c5)C4)C3)C[C@H]2N1. The van der Waals surface area contributed by atoms with E-state index in [9.17, 15) is 22.8 Å². The van der Waals surface area contributed by atoms with Gasteiger partial charge in [-0.1, -0.05) is 6.07 Å². The maximum atomic E-state index is 13.2. The van der Waals surface area contributed by atoms with Gasteiger partial charge < -0.3 is 19.9 Å². The van der Waals surface area contributed by atoms with Crippen LogP contribution in [0.5, 0.6) is 0 Å². The van der Waals surface area contributed by atoms with Crippen LogP contribution in [0, 0.1) is 11.3 Å². The predicted octanol–water partition coefficient (Wildman–Crippen LogP) is 2.32. The van der Waals surface area contributed by atoms with Gasteiger partial charge in [-0.2, -0.15) is 13.2 Å². The van der Waals surface area contributed by atoms with Gasteiger partial charge in [-0.25, -0.2) is 9.78 Å². The first-order valence-corrected chi connectivity index (χ1v) is 11.7. The third kappa shape index (κ3) is 3.70. The zero-order valence-electron chi connectivity index (χ0n) is 18.6. The predicted molar refractivity (Wildman–Crippen MR) is 114 cm³/mol. The Morgan fingerprint density at radius 2 is 2.03 bits per heavy atom. The maximum absolute atomic E-state index is 13.2. The number of fused-ring (bicyclic) bond motifs is 2. The number of nitrogens with zero attached hydrogens (tertiary/aromatic N) is 4. The molecule has 11 heteroatoms. The smallest absolute Gasteiger partial charge is 0.366 e. The van der Waals surface area contributed by atoms with Gasteiger partial charge in [-0.05, 0) is 43.2 Å². The summed E-state index contributed by atoms with van der Waals surface area (Å²) in [6.45, 7) is 2.62. The molecule has 4 fully saturated rings. The second-order valence-corrected chi connectivity index (χ2v) is 10.3. The summed E-state index contributed by atoms with van der Waals surface area (Å²) in [5, 5.41) is 2.92. The van der Waals surface area contributed by atoms with E-state index < -0.39 is 12.0 Å². The van der Waals surface area contributed by atoms with E-state index in [1.807, 2.05) is 11.0 Å². The number of pyridine rings is 1. The molecule has 0 radical (unpaired) electrons. The van der Waals surface area contributed by atoms with E-state index in [2.05, 4.69) is 10.3 Å². The van der Waals surface area contributed by atoms with E-state index in [-0.39, 0.29) is 36.1 Å². The number of likely N-dealkylation sites (tertiary alicyclic amines) is 2. The third-order valence-corrected chi connectivity index (χ3v) is 7.73. The Bertz CT molecular complexity index is 1130. The van der Waals surface area contributed by atoms with E-state index in [0.29, 0.717) is 37.6 Å². The van der Waals surface area contributed by atoms with E-state index in [1.54, 1.807) is 17.2 Å². The van der Waals surface area contributed by atoms with Crippen LogP contribution in [0.4, 0.5) is 18.0 Å². The van der Waals surface area contributed by atoms with E-state index in [1.165, 1.54) is 6.20 Å². The number of urea groups is 1. The number of hydrogen-bond donors (Lipinski definition) is 1. The summed E-state index contributed by atoms with van der Waals surface area (Å²) in [7, 11) is 0. The molecular weight excluding hydrogens is 451 g/mol. The van der Waals surface area contributed by atoms with E-state index in [4.69, 9.17) is 4.74 Å². The number of amides is 3. The molecule has 3 amide bonds. The molecule has 5 heterocycles. The Morgan fingerprint density at radius 1 is 1.24 bits per heavy atom. The molecule has 2 atom stereocenters. The largest absolute Gasteiger partial charge is 0.450 e. The van der Waals surface area contributed by atoms with Crippen molar-refractivity contribution in [3.63, 3.8) is 0 Å². The number of carbonyl (C=O) groups is 2. The highest BCUT2D eigenvalue weighted by atomic mass is 19.4. The second-order valence-electron chi connectivity index (χ2n) is 10.3. The highest BCUT2D eigenvalue weighted by Crippen LogP contribution is 2.53. The first kappa shape index (κ1) is 21.7. The number of halogens is 3. The molecule has 2 aromatic rings. The quantitative estimate of drug-likeness (QED) is 0.720. The lowest BCUT2D eigenvalue weighted by Crippen LogP contribution is -2.68. The van der Waals surface area contributed by atoms with Crippen molar-refractivity contribution in [2.45, 2.75) is 44.0 Å². The topological polar surface area (TPSA) is 79.2 Å². The van der Waals surface area contributed by atoms with Gasteiger partial charge in [0.05, 0.1) is 23.9 Å². The molecule has 6 rings (SSSR count). The summed E-state index contributed by atoms with van der Waals surface area (Å²) in [5.74, 6) is -0.635. The van der Waals surface area contributed by atoms with Crippen LogP contribution < -0.4 is 5.32 Å². The number of nitrogens with one attached hydrogen (secondary N) is 1. The Morgan fingerprint density at radius 3 is 2.79 bits per heavy atom. The van der Waals surface area contributed by atoms with Gasteiger partial charge in [0, 0.05) is 37.8 Å². The third-order valence-electron chi connectivity index (χ3n) is 7.73. The molecule has 1 N–H and O–H groups in total. The highest BCUT2D eigenvalue weighted by molar-refractivity contribution is 5.79. The van der Waals surface area contributed by atoms with Crippen molar-refractivity contribution in [3.05, 3.63) is 35.9 Å². The Labute approximate surface area is 194 Å². The van der Waals surface area contributed by atoms with Crippen LogP contribution in [-0.2, 0) is 22.1 Å². The summed E-state index contributed by atoms with van der Waals surface area (Å²) in [6.07, 6.45) is 1.65. The van der Waals surface area contributed by atoms with Crippen molar-refractivity contribution in [1.29, 1.82) is 0 Å². The molecule has 1 aliphatic carbocycles. The van der Waals surface area contributed by atoms with Crippen LogP contribution >= 0.6 is 0 Å². The highest BCUT2D eigenvalue weighted by Gasteiger charge is 2.54. The Balaban J connectivity index is 1.02. The van der Waals surface area contributed by atoms with E-state index >= 15 is 0 Å². The van der Waals surface area contributed by atoms with Gasteiger partial charge >= 0.3 is 12.2 Å². The number of ether oxygens (including phenoxy) is 1. The molecule has 4 aliphatic rings. The fourth-order valence-corrected chi connectivity index (χ4v) is 6.24. The lowest BCUT2D eigenvalue weighted by molar-refractivity contribution is -0.145. The van der Waals surface area contributed by atoms with Crippen molar-refractivity contribution >= 4 is 17.5 Å². The van der Waals surface area contributed by atoms with Gasteiger partial charge in [0.2, 0.25) is 11.7 Å². The standard InChI is InChI=1S/C23H26F3N5O3/c24-23(25,26)20-27-8-16-2-1-14(9-31(16)20)5-15-6-22(7-15)12-30(13-22)21(33)29-4-3-18-17(10-29)28-19(32)11-34-18/h1-2,8-9,15,17-18H,3-7,10-13H2,(H,28,32)/t17-,18+/m1/s1. The number of imidazole rings is 1. The number of alkyl halides is 3. The molecule has 182 valence electrons. The minimum absolute atomic E-state index is 0.0117. The molecule has 1 spiro atoms. The molecule has 3 aliphatic heterocycles. The fourth-order valence-electron chi connectivity index (χ4n) is 6.24. The Kier molecular flexibility index (Phi) is 4.84. The van der Waals surface area contributed by atoms with Gasteiger partial charge in [0.15, 0.2) is 0 Å². The maximum Gasteiger partial charge on any atom is 0.450 e. The van der Waals surface area contributed by atoms with Gasteiger partial charge in [-0.15, -0.1) is 0 Å².